The van der Waals surface area contributed by atoms with E-state index in [4.69, 9.17) is 34.8 Å². The maximum absolute atomic E-state index is 12.9. The van der Waals surface area contributed by atoms with Crippen molar-refractivity contribution in [2.24, 2.45) is 0 Å². The first kappa shape index (κ1) is 20.4. The molecule has 0 bridgehead atoms. The van der Waals surface area contributed by atoms with Crippen molar-refractivity contribution in [2.75, 3.05) is 5.32 Å². The molecule has 140 valence electrons. The molecule has 26 heavy (non-hydrogen) atoms. The summed E-state index contributed by atoms with van der Waals surface area (Å²) < 4.78 is 63.9. The minimum Gasteiger partial charge on any atom is -0.304 e. The summed E-state index contributed by atoms with van der Waals surface area (Å²) in [7, 11) is 0. The van der Waals surface area contributed by atoms with Gasteiger partial charge in [0.2, 0.25) is 0 Å². The van der Waals surface area contributed by atoms with Crippen molar-refractivity contribution in [1.82, 2.24) is 9.55 Å². The smallest absolute Gasteiger partial charge is 0.304 e. The lowest BCUT2D eigenvalue weighted by Crippen LogP contribution is -2.24. The van der Waals surface area contributed by atoms with Crippen LogP contribution in [0.25, 0.3) is 5.69 Å². The fraction of sp³-hybridized carbons (Fsp3) is 0.154. The van der Waals surface area contributed by atoms with E-state index in [1.165, 1.54) is 0 Å². The number of hydrogen-bond donors (Lipinski definition) is 1. The lowest BCUT2D eigenvalue weighted by Gasteiger charge is -2.16. The predicted octanol–water partition coefficient (Wildman–Crippen LogP) is 4.42. The molecule has 1 aromatic carbocycles. The van der Waals surface area contributed by atoms with Crippen LogP contribution in [0.5, 0.6) is 0 Å². The average Bonchev–Trinajstić information content (AvgIpc) is 2.52. The summed E-state index contributed by atoms with van der Waals surface area (Å²) in [6.07, 6.45) is -6.83. The van der Waals surface area contributed by atoms with Crippen molar-refractivity contribution >= 4 is 46.5 Å². The predicted molar refractivity (Wildman–Crippen MR) is 84.5 cm³/mol. The van der Waals surface area contributed by atoms with E-state index in [2.05, 4.69) is 4.98 Å². The second-order valence-electron chi connectivity index (χ2n) is 4.65. The Morgan fingerprint density at radius 2 is 1.81 bits per heavy atom. The van der Waals surface area contributed by atoms with Crippen LogP contribution in [-0.2, 0) is 11.0 Å². The first-order chi connectivity index (χ1) is 11.9. The Morgan fingerprint density at radius 1 is 1.19 bits per heavy atom. The van der Waals surface area contributed by atoms with Crippen LogP contribution in [0.3, 0.4) is 0 Å². The van der Waals surface area contributed by atoms with Crippen molar-refractivity contribution in [2.45, 2.75) is 12.6 Å². The van der Waals surface area contributed by atoms with E-state index >= 15 is 0 Å². The summed E-state index contributed by atoms with van der Waals surface area (Å²) in [4.78, 5) is 26.4. The second-order valence-corrected chi connectivity index (χ2v) is 5.81. The van der Waals surface area contributed by atoms with Gasteiger partial charge in [-0.15, -0.1) is 0 Å². The minimum absolute atomic E-state index is 0.439. The normalized spacial score (nSPS) is 11.7. The summed E-state index contributed by atoms with van der Waals surface area (Å²) in [5, 5.41) is -0.502. The summed E-state index contributed by atoms with van der Waals surface area (Å²) in [6.45, 7) is 0. The third-order valence-corrected chi connectivity index (χ3v) is 4.08. The van der Waals surface area contributed by atoms with Gasteiger partial charge in [-0.3, -0.25) is 14.2 Å². The number of carbonyl (C=O) groups excluding carboxylic acids is 1. The van der Waals surface area contributed by atoms with Gasteiger partial charge in [0, 0.05) is 0 Å². The van der Waals surface area contributed by atoms with Gasteiger partial charge in [0.05, 0.1) is 38.7 Å². The van der Waals surface area contributed by atoms with Crippen molar-refractivity contribution in [3.63, 3.8) is 0 Å². The molecule has 13 heteroatoms. The summed E-state index contributed by atoms with van der Waals surface area (Å²) in [6, 6.07) is 0.454. The molecule has 0 aliphatic carbocycles. The largest absolute Gasteiger partial charge is 0.417 e. The van der Waals surface area contributed by atoms with Crippen LogP contribution >= 0.6 is 34.8 Å². The molecule has 5 nitrogen and oxygen atoms in total. The fourth-order valence-corrected chi connectivity index (χ4v) is 2.73. The Balaban J connectivity index is 2.64. The molecule has 0 aliphatic heterocycles. The number of nitrogens with one attached hydrogen (secondary N) is 1. The molecule has 0 unspecified atom stereocenters. The van der Waals surface area contributed by atoms with Gasteiger partial charge >= 0.3 is 12.6 Å². The Labute approximate surface area is 156 Å². The Hall–Kier alpha value is -1.91. The van der Waals surface area contributed by atoms with Crippen LogP contribution in [0.2, 0.25) is 15.1 Å². The van der Waals surface area contributed by atoms with Gasteiger partial charge in [-0.25, -0.2) is 4.98 Å². The fourth-order valence-electron chi connectivity index (χ4n) is 1.84. The van der Waals surface area contributed by atoms with Crippen molar-refractivity contribution in [3.8, 4) is 5.69 Å². The van der Waals surface area contributed by atoms with Crippen LogP contribution in [0.1, 0.15) is 5.56 Å². The molecule has 0 saturated carbocycles. The molecule has 0 saturated heterocycles. The van der Waals surface area contributed by atoms with Crippen LogP contribution in [0, 0.1) is 0 Å². The molecule has 2 rings (SSSR count). The summed E-state index contributed by atoms with van der Waals surface area (Å²) >= 11 is 17.2. The minimum atomic E-state index is -4.86. The van der Waals surface area contributed by atoms with Gasteiger partial charge < -0.3 is 5.32 Å². The van der Waals surface area contributed by atoms with Crippen LogP contribution in [0.15, 0.2) is 23.3 Å². The van der Waals surface area contributed by atoms with Gasteiger partial charge in [-0.05, 0) is 6.07 Å². The first-order valence-electron chi connectivity index (χ1n) is 6.36. The third kappa shape index (κ3) is 4.08. The topological polar surface area (TPSA) is 64.0 Å². The van der Waals surface area contributed by atoms with E-state index < -0.39 is 56.2 Å². The molecular formula is C13H5Cl3F5N3O2. The van der Waals surface area contributed by atoms with Crippen molar-refractivity contribution in [3.05, 3.63) is 49.4 Å². The summed E-state index contributed by atoms with van der Waals surface area (Å²) in [5.74, 6) is -2.19. The number of halogens is 8. The Morgan fingerprint density at radius 3 is 2.35 bits per heavy atom. The van der Waals surface area contributed by atoms with Gasteiger partial charge in [-0.1, -0.05) is 34.8 Å². The van der Waals surface area contributed by atoms with E-state index in [0.717, 1.165) is 6.20 Å². The van der Waals surface area contributed by atoms with E-state index in [9.17, 15) is 31.5 Å². The Bertz CT molecular complexity index is 930. The zero-order valence-corrected chi connectivity index (χ0v) is 14.3. The van der Waals surface area contributed by atoms with E-state index in [-0.39, 0.29) is 0 Å². The standard InChI is InChI=1S/C13H5Cl3F5N3O2/c14-5-1-4(13(19,20)21)8(15)9(16)10(5)24-3-6(22-2-7(24)25)23-12(26)11(17)18/h1-3,11H,(H,23,26). The molecule has 1 amide bonds. The third-order valence-electron chi connectivity index (χ3n) is 2.93. The molecular weight excluding hydrogens is 432 g/mol. The van der Waals surface area contributed by atoms with Crippen molar-refractivity contribution in [1.29, 1.82) is 0 Å². The molecule has 1 aromatic heterocycles. The highest BCUT2D eigenvalue weighted by Gasteiger charge is 2.36. The maximum Gasteiger partial charge on any atom is 0.417 e. The zero-order valence-electron chi connectivity index (χ0n) is 12.0. The number of carbonyl (C=O) groups is 1. The summed E-state index contributed by atoms with van der Waals surface area (Å²) in [5.41, 5.74) is -2.68. The quantitative estimate of drug-likeness (QED) is 0.572. The van der Waals surface area contributed by atoms with Crippen LogP contribution in [-0.4, -0.2) is 21.9 Å². The van der Waals surface area contributed by atoms with E-state index in [1.54, 1.807) is 5.32 Å². The number of alkyl halides is 5. The molecule has 0 aliphatic rings. The Kier molecular flexibility index (Phi) is 5.79. The van der Waals surface area contributed by atoms with Crippen molar-refractivity contribution < 1.29 is 26.7 Å². The van der Waals surface area contributed by atoms with Gasteiger partial charge in [0.25, 0.3) is 11.5 Å². The zero-order chi connectivity index (χ0) is 19.8. The number of rotatable bonds is 3. The molecule has 0 radical (unpaired) electrons. The maximum atomic E-state index is 12.9. The molecule has 0 spiro atoms. The average molecular weight is 437 g/mol. The number of aromatic nitrogens is 2. The molecule has 0 atom stereocenters. The van der Waals surface area contributed by atoms with Crippen LogP contribution in [0.4, 0.5) is 27.8 Å². The van der Waals surface area contributed by atoms with E-state index in [1.807, 2.05) is 0 Å². The second kappa shape index (κ2) is 7.37. The molecule has 2 aromatic rings. The number of nitrogens with zero attached hydrogens (tertiary/aromatic N) is 2. The lowest BCUT2D eigenvalue weighted by atomic mass is 10.2. The van der Waals surface area contributed by atoms with Gasteiger partial charge in [0.15, 0.2) is 0 Å². The van der Waals surface area contributed by atoms with Gasteiger partial charge in [-0.2, -0.15) is 22.0 Å². The highest BCUT2D eigenvalue weighted by atomic mass is 35.5. The van der Waals surface area contributed by atoms with E-state index in [0.29, 0.717) is 16.8 Å². The first-order valence-corrected chi connectivity index (χ1v) is 7.49. The number of hydrogen-bond acceptors (Lipinski definition) is 3. The van der Waals surface area contributed by atoms with Crippen LogP contribution < -0.4 is 10.9 Å². The highest BCUT2D eigenvalue weighted by Crippen LogP contribution is 2.43. The molecule has 1 heterocycles. The molecule has 1 N–H and O–H groups in total. The SMILES string of the molecule is O=C(Nc1cn(-c2c(Cl)cc(C(F)(F)F)c(Cl)c2Cl)c(=O)cn1)C(F)F. The monoisotopic (exact) mass is 435 g/mol. The lowest BCUT2D eigenvalue weighted by molar-refractivity contribution is -0.137. The van der Waals surface area contributed by atoms with Gasteiger partial charge in [0.1, 0.15) is 5.82 Å². The number of benzene rings is 1. The molecule has 0 fully saturated rings. The number of anilines is 1. The highest BCUT2D eigenvalue weighted by molar-refractivity contribution is 6.45. The number of amides is 1.